The van der Waals surface area contributed by atoms with Gasteiger partial charge in [0.1, 0.15) is 0 Å². The number of benzene rings is 1. The van der Waals surface area contributed by atoms with E-state index in [-0.39, 0.29) is 5.69 Å². The Morgan fingerprint density at radius 3 is 2.68 bits per heavy atom. The number of fused-ring (bicyclic) bond motifs is 1. The van der Waals surface area contributed by atoms with Gasteiger partial charge in [-0.25, -0.2) is 14.3 Å². The molecular weight excluding hydrogens is 381 g/mol. The van der Waals surface area contributed by atoms with Gasteiger partial charge >= 0.3 is 5.97 Å². The largest absolute Gasteiger partial charge is 0.476 e. The maximum absolute atomic E-state index is 11.3. The van der Waals surface area contributed by atoms with Crippen molar-refractivity contribution >= 4 is 46.2 Å². The van der Waals surface area contributed by atoms with Crippen LogP contribution in [0.1, 0.15) is 10.5 Å². The number of carbonyl (C=O) groups is 1. The third-order valence-electron chi connectivity index (χ3n) is 3.67. The number of thiophene rings is 1. The third-order valence-corrected chi connectivity index (χ3v) is 4.90. The standard InChI is InChI=1S/C17H9Cl2N3O2S/c18-10-1-2-11(12(19)5-10)13-6-15(9-3-4-25-8-9)22-16(20-13)7-14(21-22)17(23)24/h1-8H,(H,23,24). The quantitative estimate of drug-likeness (QED) is 0.527. The molecule has 0 aliphatic heterocycles. The zero-order chi connectivity index (χ0) is 17.6. The first-order valence-electron chi connectivity index (χ1n) is 7.15. The summed E-state index contributed by atoms with van der Waals surface area (Å²) < 4.78 is 1.53. The summed E-state index contributed by atoms with van der Waals surface area (Å²) in [5.41, 5.74) is 3.35. The van der Waals surface area contributed by atoms with Crippen LogP contribution in [0.15, 0.2) is 47.2 Å². The van der Waals surface area contributed by atoms with Crippen molar-refractivity contribution in [2.75, 3.05) is 0 Å². The Hall–Kier alpha value is -2.41. The summed E-state index contributed by atoms with van der Waals surface area (Å²) in [5.74, 6) is -1.10. The lowest BCUT2D eigenvalue weighted by Crippen LogP contribution is -2.00. The molecule has 5 nitrogen and oxygen atoms in total. The van der Waals surface area contributed by atoms with Gasteiger partial charge in [-0.15, -0.1) is 0 Å². The number of aromatic nitrogens is 3. The van der Waals surface area contributed by atoms with Gasteiger partial charge in [-0.3, -0.25) is 0 Å². The van der Waals surface area contributed by atoms with E-state index in [0.29, 0.717) is 26.9 Å². The van der Waals surface area contributed by atoms with Crippen molar-refractivity contribution in [2.45, 2.75) is 0 Å². The molecule has 0 unspecified atom stereocenters. The minimum Gasteiger partial charge on any atom is -0.476 e. The van der Waals surface area contributed by atoms with Gasteiger partial charge in [0.05, 0.1) is 16.4 Å². The van der Waals surface area contributed by atoms with E-state index in [2.05, 4.69) is 10.1 Å². The van der Waals surface area contributed by atoms with E-state index in [1.807, 2.05) is 22.9 Å². The fourth-order valence-corrected chi connectivity index (χ4v) is 3.68. The van der Waals surface area contributed by atoms with Crippen LogP contribution in [0.5, 0.6) is 0 Å². The minimum absolute atomic E-state index is 0.0664. The second-order valence-corrected chi connectivity index (χ2v) is 6.89. The average Bonchev–Trinajstić information content (AvgIpc) is 3.23. The molecule has 0 amide bonds. The zero-order valence-corrected chi connectivity index (χ0v) is 14.8. The summed E-state index contributed by atoms with van der Waals surface area (Å²) in [5, 5.41) is 18.3. The number of halogens is 2. The Labute approximate surface area is 156 Å². The Bertz CT molecular complexity index is 1110. The maximum atomic E-state index is 11.3. The van der Waals surface area contributed by atoms with E-state index in [0.717, 1.165) is 11.3 Å². The van der Waals surface area contributed by atoms with Crippen LogP contribution in [0.2, 0.25) is 10.0 Å². The molecular formula is C17H9Cl2N3O2S. The van der Waals surface area contributed by atoms with Gasteiger partial charge in [0.15, 0.2) is 11.3 Å². The highest BCUT2D eigenvalue weighted by Crippen LogP contribution is 2.33. The van der Waals surface area contributed by atoms with Crippen molar-refractivity contribution in [3.63, 3.8) is 0 Å². The molecule has 0 saturated carbocycles. The van der Waals surface area contributed by atoms with Crippen LogP contribution in [-0.2, 0) is 0 Å². The predicted octanol–water partition coefficient (Wildman–Crippen LogP) is 5.13. The molecule has 0 saturated heterocycles. The molecule has 0 spiro atoms. The Kier molecular flexibility index (Phi) is 3.95. The van der Waals surface area contributed by atoms with Crippen molar-refractivity contribution in [2.24, 2.45) is 0 Å². The summed E-state index contributed by atoms with van der Waals surface area (Å²) in [4.78, 5) is 15.8. The molecule has 3 heterocycles. The first-order chi connectivity index (χ1) is 12.0. The lowest BCUT2D eigenvalue weighted by molar-refractivity contribution is 0.0690. The Morgan fingerprint density at radius 1 is 1.16 bits per heavy atom. The highest BCUT2D eigenvalue weighted by atomic mass is 35.5. The lowest BCUT2D eigenvalue weighted by Gasteiger charge is -2.09. The SMILES string of the molecule is O=C(O)c1cc2nc(-c3ccc(Cl)cc3Cl)cc(-c3ccsc3)n2n1. The van der Waals surface area contributed by atoms with E-state index < -0.39 is 5.97 Å². The fraction of sp³-hybridized carbons (Fsp3) is 0. The zero-order valence-electron chi connectivity index (χ0n) is 12.5. The van der Waals surface area contributed by atoms with Gasteiger partial charge in [0.25, 0.3) is 0 Å². The van der Waals surface area contributed by atoms with Crippen LogP contribution in [0.3, 0.4) is 0 Å². The molecule has 4 aromatic rings. The normalized spacial score (nSPS) is 11.1. The van der Waals surface area contributed by atoms with E-state index in [1.54, 1.807) is 29.5 Å². The number of nitrogens with zero attached hydrogens (tertiary/aromatic N) is 3. The lowest BCUT2D eigenvalue weighted by atomic mass is 10.1. The highest BCUT2D eigenvalue weighted by Gasteiger charge is 2.16. The fourth-order valence-electron chi connectivity index (χ4n) is 2.53. The predicted molar refractivity (Wildman–Crippen MR) is 98.7 cm³/mol. The molecule has 0 radical (unpaired) electrons. The molecule has 1 N–H and O–H groups in total. The highest BCUT2D eigenvalue weighted by molar-refractivity contribution is 7.08. The molecule has 0 fully saturated rings. The van der Waals surface area contributed by atoms with Crippen molar-refractivity contribution in [1.82, 2.24) is 14.6 Å². The second kappa shape index (κ2) is 6.15. The molecule has 0 atom stereocenters. The van der Waals surface area contributed by atoms with Crippen molar-refractivity contribution < 1.29 is 9.90 Å². The van der Waals surface area contributed by atoms with Gasteiger partial charge in [-0.2, -0.15) is 16.4 Å². The van der Waals surface area contributed by atoms with E-state index in [9.17, 15) is 9.90 Å². The van der Waals surface area contributed by atoms with Crippen molar-refractivity contribution in [3.8, 4) is 22.5 Å². The molecule has 8 heteroatoms. The Balaban J connectivity index is 2.01. The smallest absolute Gasteiger partial charge is 0.356 e. The molecule has 3 aromatic heterocycles. The summed E-state index contributed by atoms with van der Waals surface area (Å²) in [7, 11) is 0. The number of hydrogen-bond donors (Lipinski definition) is 1. The first kappa shape index (κ1) is 16.1. The van der Waals surface area contributed by atoms with Gasteiger partial charge in [0.2, 0.25) is 0 Å². The molecule has 0 aliphatic carbocycles. The van der Waals surface area contributed by atoms with Gasteiger partial charge in [0, 0.05) is 27.6 Å². The van der Waals surface area contributed by atoms with Crippen molar-refractivity contribution in [3.05, 3.63) is 62.9 Å². The minimum atomic E-state index is -1.10. The molecule has 1 aromatic carbocycles. The van der Waals surface area contributed by atoms with Gasteiger partial charge < -0.3 is 5.11 Å². The number of hydrogen-bond acceptors (Lipinski definition) is 4. The van der Waals surface area contributed by atoms with E-state index in [4.69, 9.17) is 23.2 Å². The van der Waals surface area contributed by atoms with E-state index in [1.165, 1.54) is 10.6 Å². The number of carboxylic acid groups (broad SMARTS) is 1. The second-order valence-electron chi connectivity index (χ2n) is 5.27. The Morgan fingerprint density at radius 2 is 2.00 bits per heavy atom. The topological polar surface area (TPSA) is 67.5 Å². The third kappa shape index (κ3) is 2.89. The molecule has 25 heavy (non-hydrogen) atoms. The van der Waals surface area contributed by atoms with Crippen LogP contribution < -0.4 is 0 Å². The van der Waals surface area contributed by atoms with Crippen molar-refractivity contribution in [1.29, 1.82) is 0 Å². The summed E-state index contributed by atoms with van der Waals surface area (Å²) in [6.45, 7) is 0. The maximum Gasteiger partial charge on any atom is 0.356 e. The summed E-state index contributed by atoms with van der Waals surface area (Å²) in [6.07, 6.45) is 0. The first-order valence-corrected chi connectivity index (χ1v) is 8.85. The summed E-state index contributed by atoms with van der Waals surface area (Å²) >= 11 is 13.8. The number of carboxylic acids is 1. The van der Waals surface area contributed by atoms with Crippen LogP contribution in [0.4, 0.5) is 0 Å². The monoisotopic (exact) mass is 389 g/mol. The van der Waals surface area contributed by atoms with Crippen LogP contribution in [0.25, 0.3) is 28.2 Å². The van der Waals surface area contributed by atoms with Crippen LogP contribution >= 0.6 is 34.5 Å². The molecule has 0 bridgehead atoms. The molecule has 4 rings (SSSR count). The van der Waals surface area contributed by atoms with Gasteiger partial charge in [-0.05, 0) is 35.7 Å². The number of aromatic carboxylic acids is 1. The van der Waals surface area contributed by atoms with E-state index >= 15 is 0 Å². The molecule has 124 valence electrons. The van der Waals surface area contributed by atoms with Crippen LogP contribution in [-0.4, -0.2) is 25.7 Å². The van der Waals surface area contributed by atoms with Crippen LogP contribution in [0, 0.1) is 0 Å². The summed E-state index contributed by atoms with van der Waals surface area (Å²) in [6, 6.07) is 10.4. The number of rotatable bonds is 3. The van der Waals surface area contributed by atoms with Gasteiger partial charge in [-0.1, -0.05) is 23.2 Å². The average molecular weight is 390 g/mol. The molecule has 0 aliphatic rings.